The molecule has 0 aliphatic carbocycles. The SMILES string of the molecule is CCOC(=O)C(N)CC(O)COC. The van der Waals surface area contributed by atoms with Crippen molar-refractivity contribution in [1.29, 1.82) is 0 Å². The molecule has 5 nitrogen and oxygen atoms in total. The molecule has 0 aliphatic heterocycles. The van der Waals surface area contributed by atoms with Gasteiger partial charge in [-0.15, -0.1) is 0 Å². The van der Waals surface area contributed by atoms with Gasteiger partial charge in [-0.2, -0.15) is 0 Å². The van der Waals surface area contributed by atoms with Crippen LogP contribution in [0.3, 0.4) is 0 Å². The summed E-state index contributed by atoms with van der Waals surface area (Å²) in [5.74, 6) is -0.488. The van der Waals surface area contributed by atoms with Crippen molar-refractivity contribution in [1.82, 2.24) is 0 Å². The van der Waals surface area contributed by atoms with Gasteiger partial charge in [0.2, 0.25) is 0 Å². The van der Waals surface area contributed by atoms with E-state index in [9.17, 15) is 9.90 Å². The van der Waals surface area contributed by atoms with Gasteiger partial charge >= 0.3 is 5.97 Å². The number of carbonyl (C=O) groups excluding carboxylic acids is 1. The quantitative estimate of drug-likeness (QED) is 0.541. The number of esters is 1. The van der Waals surface area contributed by atoms with Crippen LogP contribution in [0.4, 0.5) is 0 Å². The molecule has 0 saturated carbocycles. The van der Waals surface area contributed by atoms with Gasteiger partial charge in [0.25, 0.3) is 0 Å². The van der Waals surface area contributed by atoms with E-state index in [0.717, 1.165) is 0 Å². The highest BCUT2D eigenvalue weighted by Gasteiger charge is 2.18. The summed E-state index contributed by atoms with van der Waals surface area (Å²) in [5.41, 5.74) is 5.44. The summed E-state index contributed by atoms with van der Waals surface area (Å²) < 4.78 is 9.35. The van der Waals surface area contributed by atoms with Crippen molar-refractivity contribution in [3.63, 3.8) is 0 Å². The Morgan fingerprint density at radius 2 is 2.23 bits per heavy atom. The fourth-order valence-corrected chi connectivity index (χ4v) is 0.899. The van der Waals surface area contributed by atoms with Crippen molar-refractivity contribution in [2.24, 2.45) is 5.73 Å². The van der Waals surface area contributed by atoms with E-state index < -0.39 is 18.1 Å². The van der Waals surface area contributed by atoms with Crippen molar-refractivity contribution in [3.8, 4) is 0 Å². The van der Waals surface area contributed by atoms with Gasteiger partial charge in [0.1, 0.15) is 6.04 Å². The number of methoxy groups -OCH3 is 1. The van der Waals surface area contributed by atoms with E-state index in [2.05, 4.69) is 9.47 Å². The molecule has 0 bridgehead atoms. The normalized spacial score (nSPS) is 15.1. The van der Waals surface area contributed by atoms with Crippen molar-refractivity contribution in [2.75, 3.05) is 20.3 Å². The van der Waals surface area contributed by atoms with E-state index in [1.807, 2.05) is 0 Å². The number of hydrogen-bond donors (Lipinski definition) is 2. The molecule has 3 N–H and O–H groups in total. The molecule has 2 atom stereocenters. The van der Waals surface area contributed by atoms with Crippen molar-refractivity contribution in [2.45, 2.75) is 25.5 Å². The Morgan fingerprint density at radius 1 is 1.62 bits per heavy atom. The van der Waals surface area contributed by atoms with Gasteiger partial charge in [-0.1, -0.05) is 0 Å². The number of ether oxygens (including phenoxy) is 2. The fraction of sp³-hybridized carbons (Fsp3) is 0.875. The van der Waals surface area contributed by atoms with Gasteiger partial charge in [0.05, 0.1) is 19.3 Å². The Bertz CT molecular complexity index is 151. The summed E-state index contributed by atoms with van der Waals surface area (Å²) in [5, 5.41) is 9.22. The number of carbonyl (C=O) groups is 1. The highest BCUT2D eigenvalue weighted by Crippen LogP contribution is 1.98. The van der Waals surface area contributed by atoms with Crippen LogP contribution in [0.2, 0.25) is 0 Å². The molecule has 0 aromatic heterocycles. The third kappa shape index (κ3) is 5.57. The van der Waals surface area contributed by atoms with Gasteiger partial charge in [-0.25, -0.2) is 0 Å². The third-order valence-electron chi connectivity index (χ3n) is 1.47. The highest BCUT2D eigenvalue weighted by molar-refractivity contribution is 5.75. The molecule has 0 fully saturated rings. The molecule has 0 amide bonds. The van der Waals surface area contributed by atoms with Gasteiger partial charge in [-0.3, -0.25) is 4.79 Å². The molecule has 0 spiro atoms. The van der Waals surface area contributed by atoms with E-state index in [4.69, 9.17) is 5.73 Å². The van der Waals surface area contributed by atoms with Crippen LogP contribution >= 0.6 is 0 Å². The Labute approximate surface area is 77.8 Å². The zero-order valence-electron chi connectivity index (χ0n) is 8.03. The summed E-state index contributed by atoms with van der Waals surface area (Å²) in [6, 6.07) is -0.773. The topological polar surface area (TPSA) is 81.8 Å². The molecular formula is C8H17NO4. The Balaban J connectivity index is 3.71. The zero-order chi connectivity index (χ0) is 10.3. The molecular weight excluding hydrogens is 174 g/mol. The summed E-state index contributed by atoms with van der Waals surface area (Å²) in [4.78, 5) is 11.0. The second-order valence-electron chi connectivity index (χ2n) is 2.70. The monoisotopic (exact) mass is 191 g/mol. The molecule has 0 aromatic carbocycles. The molecule has 0 rings (SSSR count). The lowest BCUT2D eigenvalue weighted by atomic mass is 10.1. The smallest absolute Gasteiger partial charge is 0.322 e. The molecule has 13 heavy (non-hydrogen) atoms. The Kier molecular flexibility index (Phi) is 6.48. The van der Waals surface area contributed by atoms with Gasteiger partial charge in [-0.05, 0) is 6.92 Å². The number of hydrogen-bond acceptors (Lipinski definition) is 5. The standard InChI is InChI=1S/C8H17NO4/c1-3-13-8(11)7(9)4-6(10)5-12-2/h6-7,10H,3-5,9H2,1-2H3. The molecule has 2 unspecified atom stereocenters. The molecule has 0 saturated heterocycles. The minimum absolute atomic E-state index is 0.159. The second-order valence-corrected chi connectivity index (χ2v) is 2.70. The summed E-state index contributed by atoms with van der Waals surface area (Å²) >= 11 is 0. The predicted molar refractivity (Wildman–Crippen MR) is 47.1 cm³/mol. The van der Waals surface area contributed by atoms with Crippen molar-refractivity contribution >= 4 is 5.97 Å². The first-order chi connectivity index (χ1) is 6.11. The summed E-state index contributed by atoms with van der Waals surface area (Å²) in [6.45, 7) is 2.18. The van der Waals surface area contributed by atoms with Gasteiger partial charge in [0, 0.05) is 13.5 Å². The Hall–Kier alpha value is -0.650. The largest absolute Gasteiger partial charge is 0.465 e. The predicted octanol–water partition coefficient (Wildman–Crippen LogP) is -0.726. The first-order valence-corrected chi connectivity index (χ1v) is 4.21. The molecule has 0 radical (unpaired) electrons. The van der Waals surface area contributed by atoms with Crippen LogP contribution in [0.15, 0.2) is 0 Å². The van der Waals surface area contributed by atoms with Crippen LogP contribution in [0, 0.1) is 0 Å². The Morgan fingerprint density at radius 3 is 2.69 bits per heavy atom. The van der Waals surface area contributed by atoms with Crippen molar-refractivity contribution < 1.29 is 19.4 Å². The van der Waals surface area contributed by atoms with Crippen LogP contribution in [0.25, 0.3) is 0 Å². The van der Waals surface area contributed by atoms with E-state index in [-0.39, 0.29) is 13.0 Å². The number of aliphatic hydroxyl groups excluding tert-OH is 1. The lowest BCUT2D eigenvalue weighted by Gasteiger charge is -2.14. The second kappa shape index (κ2) is 6.82. The van der Waals surface area contributed by atoms with Crippen LogP contribution in [0.5, 0.6) is 0 Å². The first kappa shape index (κ1) is 12.3. The van der Waals surface area contributed by atoms with Crippen molar-refractivity contribution in [3.05, 3.63) is 0 Å². The maximum atomic E-state index is 11.0. The van der Waals surface area contributed by atoms with Crippen LogP contribution < -0.4 is 5.73 Å². The lowest BCUT2D eigenvalue weighted by Crippen LogP contribution is -2.36. The zero-order valence-corrected chi connectivity index (χ0v) is 8.03. The van der Waals surface area contributed by atoms with Gasteiger partial charge < -0.3 is 20.3 Å². The summed E-state index contributed by atoms with van der Waals surface area (Å²) in [7, 11) is 1.47. The van der Waals surface area contributed by atoms with E-state index in [0.29, 0.717) is 6.61 Å². The number of aliphatic hydroxyl groups is 1. The molecule has 78 valence electrons. The first-order valence-electron chi connectivity index (χ1n) is 4.21. The summed E-state index contributed by atoms with van der Waals surface area (Å²) in [6.07, 6.45) is -0.559. The average molecular weight is 191 g/mol. The molecule has 5 heteroatoms. The molecule has 0 aromatic rings. The van der Waals surface area contributed by atoms with Crippen LogP contribution in [-0.4, -0.2) is 43.5 Å². The minimum atomic E-state index is -0.773. The lowest BCUT2D eigenvalue weighted by molar-refractivity contribution is -0.145. The highest BCUT2D eigenvalue weighted by atomic mass is 16.5. The number of nitrogens with two attached hydrogens (primary N) is 1. The average Bonchev–Trinajstić information content (AvgIpc) is 2.05. The minimum Gasteiger partial charge on any atom is -0.465 e. The maximum absolute atomic E-state index is 11.0. The van der Waals surface area contributed by atoms with Crippen LogP contribution in [-0.2, 0) is 14.3 Å². The van der Waals surface area contributed by atoms with E-state index >= 15 is 0 Å². The maximum Gasteiger partial charge on any atom is 0.322 e. The number of rotatable bonds is 6. The van der Waals surface area contributed by atoms with Crippen LogP contribution in [0.1, 0.15) is 13.3 Å². The third-order valence-corrected chi connectivity index (χ3v) is 1.47. The van der Waals surface area contributed by atoms with E-state index in [1.165, 1.54) is 7.11 Å². The molecule has 0 aliphatic rings. The van der Waals surface area contributed by atoms with E-state index in [1.54, 1.807) is 6.92 Å². The van der Waals surface area contributed by atoms with Gasteiger partial charge in [0.15, 0.2) is 0 Å². The molecule has 0 heterocycles. The fourth-order valence-electron chi connectivity index (χ4n) is 0.899.